The minimum Gasteiger partial charge on any atom is -0.465 e. The summed E-state index contributed by atoms with van der Waals surface area (Å²) in [7, 11) is 2.85. The second-order valence-electron chi connectivity index (χ2n) is 5.93. The van der Waals surface area contributed by atoms with Crippen molar-refractivity contribution in [3.05, 3.63) is 0 Å². The van der Waals surface area contributed by atoms with Crippen LogP contribution in [0.3, 0.4) is 0 Å². The van der Waals surface area contributed by atoms with Crippen molar-refractivity contribution in [2.24, 2.45) is 0 Å². The van der Waals surface area contributed by atoms with Gasteiger partial charge in [0, 0.05) is 20.6 Å². The van der Waals surface area contributed by atoms with Crippen LogP contribution in [0.15, 0.2) is 0 Å². The summed E-state index contributed by atoms with van der Waals surface area (Å²) in [5.74, 6) is -1.06. The number of aliphatic hydroxyl groups is 1. The van der Waals surface area contributed by atoms with Gasteiger partial charge in [-0.3, -0.25) is 19.4 Å². The van der Waals surface area contributed by atoms with Crippen LogP contribution in [0.1, 0.15) is 26.7 Å². The molecule has 0 saturated carbocycles. The molecule has 2 fully saturated rings. The third kappa shape index (κ3) is 2.46. The number of rotatable bonds is 3. The largest absolute Gasteiger partial charge is 0.465 e. The van der Waals surface area contributed by atoms with Crippen LogP contribution in [0.5, 0.6) is 0 Å². The van der Waals surface area contributed by atoms with Gasteiger partial charge in [-0.05, 0) is 26.7 Å². The number of nitrogens with zero attached hydrogens (tertiary/aromatic N) is 3. The van der Waals surface area contributed by atoms with E-state index >= 15 is 0 Å². The molecule has 8 nitrogen and oxygen atoms in total. The van der Waals surface area contributed by atoms with E-state index in [0.717, 1.165) is 11.3 Å². The van der Waals surface area contributed by atoms with Crippen LogP contribution in [-0.4, -0.2) is 82.8 Å². The molecular weight excluding hydrogens is 290 g/mol. The minimum atomic E-state index is -1.79. The molecule has 2 aliphatic heterocycles. The number of ether oxygens (including phenoxy) is 1. The van der Waals surface area contributed by atoms with Crippen molar-refractivity contribution in [3.63, 3.8) is 0 Å². The fourth-order valence-electron chi connectivity index (χ4n) is 3.37. The predicted octanol–water partition coefficient (Wildman–Crippen LogP) is -0.385. The highest BCUT2D eigenvalue weighted by atomic mass is 16.5. The van der Waals surface area contributed by atoms with Crippen molar-refractivity contribution in [1.82, 2.24) is 14.7 Å². The smallest absolute Gasteiger partial charge is 0.327 e. The van der Waals surface area contributed by atoms with Gasteiger partial charge in [0.2, 0.25) is 0 Å². The van der Waals surface area contributed by atoms with Crippen LogP contribution >= 0.6 is 0 Å². The third-order valence-electron chi connectivity index (χ3n) is 4.36. The molecule has 8 heteroatoms. The number of likely N-dealkylation sites (N-methyl/N-ethyl adjacent to an activating group) is 2. The lowest BCUT2D eigenvalue weighted by Gasteiger charge is -2.49. The molecule has 0 aliphatic carbocycles. The molecule has 0 unspecified atom stereocenters. The molecule has 0 bridgehead atoms. The molecule has 0 aromatic carbocycles. The van der Waals surface area contributed by atoms with Crippen LogP contribution in [-0.2, 0) is 14.3 Å². The fraction of sp³-hybridized carbons (Fsp3) is 0.786. The summed E-state index contributed by atoms with van der Waals surface area (Å²) >= 11 is 0. The van der Waals surface area contributed by atoms with E-state index in [1.54, 1.807) is 11.8 Å². The Bertz CT molecular complexity index is 493. The molecule has 2 heterocycles. The molecule has 3 atom stereocenters. The normalized spacial score (nSPS) is 33.5. The van der Waals surface area contributed by atoms with Gasteiger partial charge in [0.15, 0.2) is 5.60 Å². The number of urea groups is 1. The van der Waals surface area contributed by atoms with Crippen LogP contribution in [0.4, 0.5) is 4.79 Å². The number of esters is 1. The Hall–Kier alpha value is -1.67. The second kappa shape index (κ2) is 5.85. The first-order valence-corrected chi connectivity index (χ1v) is 7.43. The van der Waals surface area contributed by atoms with Crippen molar-refractivity contribution in [2.45, 2.75) is 44.5 Å². The average molecular weight is 313 g/mol. The summed E-state index contributed by atoms with van der Waals surface area (Å²) in [4.78, 5) is 40.4. The highest BCUT2D eigenvalue weighted by Gasteiger charge is 2.56. The van der Waals surface area contributed by atoms with E-state index in [1.165, 1.54) is 25.9 Å². The van der Waals surface area contributed by atoms with Crippen molar-refractivity contribution < 1.29 is 24.2 Å². The maximum Gasteiger partial charge on any atom is 0.327 e. The highest BCUT2D eigenvalue weighted by molar-refractivity contribution is 6.01. The molecule has 3 amide bonds. The highest BCUT2D eigenvalue weighted by Crippen LogP contribution is 2.32. The summed E-state index contributed by atoms with van der Waals surface area (Å²) < 4.78 is 5.06. The zero-order valence-electron chi connectivity index (χ0n) is 13.4. The van der Waals surface area contributed by atoms with Gasteiger partial charge in [-0.2, -0.15) is 0 Å². The standard InChI is InChI=1S/C14H23N3O5/c1-5-22-10(18)9-7-6-8-17(9)11-14(2,21)12(19)16(4)13(20)15(11)3/h9,11,21H,5-8H2,1-4H3/t9-,11-,14-/m0/s1. The monoisotopic (exact) mass is 313 g/mol. The molecule has 22 heavy (non-hydrogen) atoms. The Labute approximate surface area is 129 Å². The second-order valence-corrected chi connectivity index (χ2v) is 5.93. The molecule has 2 aliphatic rings. The molecule has 0 aromatic heterocycles. The Balaban J connectivity index is 2.33. The van der Waals surface area contributed by atoms with Gasteiger partial charge in [0.05, 0.1) is 6.61 Å². The van der Waals surface area contributed by atoms with Crippen LogP contribution in [0, 0.1) is 0 Å². The van der Waals surface area contributed by atoms with Crippen molar-refractivity contribution in [2.75, 3.05) is 27.2 Å². The first kappa shape index (κ1) is 16.7. The number of imide groups is 1. The van der Waals surface area contributed by atoms with E-state index in [9.17, 15) is 19.5 Å². The fourth-order valence-corrected chi connectivity index (χ4v) is 3.37. The number of hydrogen-bond donors (Lipinski definition) is 1. The summed E-state index contributed by atoms with van der Waals surface area (Å²) in [5.41, 5.74) is -1.79. The van der Waals surface area contributed by atoms with Gasteiger partial charge < -0.3 is 14.7 Å². The van der Waals surface area contributed by atoms with Crippen molar-refractivity contribution >= 4 is 17.9 Å². The molecule has 2 rings (SSSR count). The van der Waals surface area contributed by atoms with E-state index in [0.29, 0.717) is 13.0 Å². The predicted molar refractivity (Wildman–Crippen MR) is 76.7 cm³/mol. The van der Waals surface area contributed by atoms with Gasteiger partial charge in [-0.25, -0.2) is 4.79 Å². The molecular formula is C14H23N3O5. The average Bonchev–Trinajstić information content (AvgIpc) is 2.92. The SMILES string of the molecule is CCOC(=O)[C@@H]1CCCN1[C@@H]1N(C)C(=O)N(C)C(=O)[C@@]1(C)O. The van der Waals surface area contributed by atoms with Crippen LogP contribution in [0.2, 0.25) is 0 Å². The minimum absolute atomic E-state index is 0.265. The lowest BCUT2D eigenvalue weighted by molar-refractivity contribution is -0.175. The number of likely N-dealkylation sites (tertiary alicyclic amines) is 1. The Morgan fingerprint density at radius 2 is 2.05 bits per heavy atom. The third-order valence-corrected chi connectivity index (χ3v) is 4.36. The molecule has 0 spiro atoms. The summed E-state index contributed by atoms with van der Waals surface area (Å²) in [6, 6.07) is -1.06. The quantitative estimate of drug-likeness (QED) is 0.714. The molecule has 2 saturated heterocycles. The lowest BCUT2D eigenvalue weighted by atomic mass is 9.95. The number of amides is 3. The number of carbonyl (C=O) groups excluding carboxylic acids is 3. The summed E-state index contributed by atoms with van der Waals surface area (Å²) in [6.07, 6.45) is 0.431. The summed E-state index contributed by atoms with van der Waals surface area (Å²) in [6.45, 7) is 3.88. The van der Waals surface area contributed by atoms with E-state index < -0.39 is 29.7 Å². The van der Waals surface area contributed by atoms with Gasteiger partial charge in [0.1, 0.15) is 12.2 Å². The van der Waals surface area contributed by atoms with Crippen molar-refractivity contribution in [1.29, 1.82) is 0 Å². The maximum atomic E-state index is 12.3. The first-order chi connectivity index (χ1) is 10.2. The van der Waals surface area contributed by atoms with E-state index in [1.807, 2.05) is 0 Å². The van der Waals surface area contributed by atoms with Crippen molar-refractivity contribution in [3.8, 4) is 0 Å². The first-order valence-electron chi connectivity index (χ1n) is 7.43. The maximum absolute atomic E-state index is 12.3. The van der Waals surface area contributed by atoms with Gasteiger partial charge in [0.25, 0.3) is 5.91 Å². The Morgan fingerprint density at radius 1 is 1.41 bits per heavy atom. The number of carbonyl (C=O) groups is 3. The zero-order chi connectivity index (χ0) is 16.7. The molecule has 0 aromatic rings. The summed E-state index contributed by atoms with van der Waals surface area (Å²) in [5, 5.41) is 10.7. The van der Waals surface area contributed by atoms with E-state index in [4.69, 9.17) is 4.74 Å². The lowest BCUT2D eigenvalue weighted by Crippen LogP contribution is -2.73. The van der Waals surface area contributed by atoms with E-state index in [-0.39, 0.29) is 12.6 Å². The zero-order valence-corrected chi connectivity index (χ0v) is 13.4. The Kier molecular flexibility index (Phi) is 4.44. The van der Waals surface area contributed by atoms with E-state index in [2.05, 4.69) is 0 Å². The topological polar surface area (TPSA) is 90.4 Å². The molecule has 1 N–H and O–H groups in total. The van der Waals surface area contributed by atoms with Crippen LogP contribution in [0.25, 0.3) is 0 Å². The molecule has 124 valence electrons. The van der Waals surface area contributed by atoms with Gasteiger partial charge in [-0.15, -0.1) is 0 Å². The Morgan fingerprint density at radius 3 is 2.64 bits per heavy atom. The molecule has 0 radical (unpaired) electrons. The van der Waals surface area contributed by atoms with Crippen LogP contribution < -0.4 is 0 Å². The van der Waals surface area contributed by atoms with Gasteiger partial charge in [-0.1, -0.05) is 0 Å². The number of hydrogen-bond acceptors (Lipinski definition) is 6. The van der Waals surface area contributed by atoms with Gasteiger partial charge >= 0.3 is 12.0 Å².